The van der Waals surface area contributed by atoms with Crippen LogP contribution in [-0.4, -0.2) is 48.2 Å². The summed E-state index contributed by atoms with van der Waals surface area (Å²) < 4.78 is 78.5. The molecule has 0 spiro atoms. The lowest BCUT2D eigenvalue weighted by Gasteiger charge is -2.18. The van der Waals surface area contributed by atoms with Gasteiger partial charge in [-0.1, -0.05) is 0 Å². The Balaban J connectivity index is 1.48. The number of benzene rings is 2. The Morgan fingerprint density at radius 1 is 0.913 bits per heavy atom. The summed E-state index contributed by atoms with van der Waals surface area (Å²) in [4.78, 5) is 35.6. The van der Waals surface area contributed by atoms with Crippen molar-refractivity contribution in [1.82, 2.24) is 14.5 Å². The summed E-state index contributed by atoms with van der Waals surface area (Å²) in [5.41, 5.74) is -0.819. The van der Waals surface area contributed by atoms with E-state index in [1.807, 2.05) is 0 Å². The zero-order valence-corrected chi connectivity index (χ0v) is 24.9. The molecule has 2 aromatic carbocycles. The average Bonchev–Trinajstić information content (AvgIpc) is 3.03. The van der Waals surface area contributed by atoms with E-state index >= 15 is 4.39 Å². The van der Waals surface area contributed by atoms with Gasteiger partial charge >= 0.3 is 0 Å². The molecule has 0 fully saturated rings. The van der Waals surface area contributed by atoms with E-state index in [2.05, 4.69) is 15.3 Å². The van der Waals surface area contributed by atoms with Crippen LogP contribution in [0.3, 0.4) is 0 Å². The van der Waals surface area contributed by atoms with Gasteiger partial charge in [0, 0.05) is 59.2 Å². The number of halogens is 4. The Hall–Kier alpha value is -5.66. The summed E-state index contributed by atoms with van der Waals surface area (Å²) in [5.74, 6) is -2.11. The first kappa shape index (κ1) is 31.8. The first-order chi connectivity index (χ1) is 22.0. The molecule has 0 saturated carbocycles. The van der Waals surface area contributed by atoms with Crippen LogP contribution in [0.5, 0.6) is 28.9 Å². The van der Waals surface area contributed by atoms with Crippen LogP contribution in [0.1, 0.15) is 16.1 Å². The molecule has 0 aliphatic carbocycles. The third-order valence-electron chi connectivity index (χ3n) is 7.00. The van der Waals surface area contributed by atoms with Gasteiger partial charge in [-0.25, -0.2) is 22.5 Å². The van der Waals surface area contributed by atoms with Crippen LogP contribution in [0.15, 0.2) is 65.7 Å². The van der Waals surface area contributed by atoms with E-state index in [1.54, 1.807) is 6.07 Å². The third-order valence-corrected chi connectivity index (χ3v) is 7.00. The van der Waals surface area contributed by atoms with E-state index in [0.29, 0.717) is 11.3 Å². The molecule has 46 heavy (non-hydrogen) atoms. The Labute approximate surface area is 259 Å². The summed E-state index contributed by atoms with van der Waals surface area (Å²) in [6.45, 7) is 0.500. The second-order valence-corrected chi connectivity index (χ2v) is 9.80. The maximum Gasteiger partial charge on any atom is 0.261 e. The highest BCUT2D eigenvalue weighted by molar-refractivity contribution is 6.05. The standard InChI is InChI=1S/C32H26F4N4O6/c1-16-28(30(41)20(14-40(16)15-27(35)36)19-7-5-17(33)11-25(19)43-2)31(42)38-18-6-8-23(21(34)12-18)46-24-9-10-37-22-13-26(44-3)32(45-4)39-29(22)24/h5-14,27H,15H2,1-4H3,(H,38,42). The fraction of sp³-hybridized carbons (Fsp3) is 0.188. The number of aromatic nitrogens is 3. The van der Waals surface area contributed by atoms with Gasteiger partial charge in [0.15, 0.2) is 23.1 Å². The molecule has 5 aromatic rings. The van der Waals surface area contributed by atoms with E-state index in [4.69, 9.17) is 18.9 Å². The SMILES string of the molecule is COc1cc(F)ccc1-c1cn(CC(F)F)c(C)c(C(=O)Nc2ccc(Oc3ccnc4cc(OC)c(OC)nc34)c(F)c2)c1=O. The monoisotopic (exact) mass is 638 g/mol. The van der Waals surface area contributed by atoms with Gasteiger partial charge in [-0.15, -0.1) is 0 Å². The number of alkyl halides is 2. The minimum absolute atomic E-state index is 0.0386. The van der Waals surface area contributed by atoms with Crippen LogP contribution in [0.2, 0.25) is 0 Å². The fourth-order valence-corrected chi connectivity index (χ4v) is 4.80. The number of carbonyl (C=O) groups is 1. The molecule has 5 rings (SSSR count). The largest absolute Gasteiger partial charge is 0.496 e. The summed E-state index contributed by atoms with van der Waals surface area (Å²) in [6, 6.07) is 9.95. The number of hydrogen-bond acceptors (Lipinski definition) is 8. The number of nitrogens with one attached hydrogen (secondary N) is 1. The van der Waals surface area contributed by atoms with Crippen molar-refractivity contribution in [1.29, 1.82) is 0 Å². The van der Waals surface area contributed by atoms with Gasteiger partial charge < -0.3 is 28.8 Å². The molecule has 3 heterocycles. The van der Waals surface area contributed by atoms with Crippen molar-refractivity contribution in [2.75, 3.05) is 26.6 Å². The molecule has 0 aliphatic rings. The predicted octanol–water partition coefficient (Wildman–Crippen LogP) is 6.38. The molecular weight excluding hydrogens is 612 g/mol. The van der Waals surface area contributed by atoms with Crippen molar-refractivity contribution in [3.05, 3.63) is 94.0 Å². The zero-order valence-electron chi connectivity index (χ0n) is 24.9. The van der Waals surface area contributed by atoms with Crippen LogP contribution in [0.25, 0.3) is 22.2 Å². The molecular formula is C32H26F4N4O6. The van der Waals surface area contributed by atoms with Crippen LogP contribution >= 0.6 is 0 Å². The summed E-state index contributed by atoms with van der Waals surface area (Å²) >= 11 is 0. The Kier molecular flexibility index (Phi) is 9.07. The highest BCUT2D eigenvalue weighted by Crippen LogP contribution is 2.35. The predicted molar refractivity (Wildman–Crippen MR) is 160 cm³/mol. The quantitative estimate of drug-likeness (QED) is 0.175. The van der Waals surface area contributed by atoms with Crippen molar-refractivity contribution in [3.8, 4) is 40.0 Å². The van der Waals surface area contributed by atoms with Crippen molar-refractivity contribution < 1.29 is 41.3 Å². The van der Waals surface area contributed by atoms with Gasteiger partial charge in [-0.3, -0.25) is 14.6 Å². The second-order valence-electron chi connectivity index (χ2n) is 9.80. The lowest BCUT2D eigenvalue weighted by atomic mass is 10.0. The number of anilines is 1. The van der Waals surface area contributed by atoms with Crippen LogP contribution in [-0.2, 0) is 6.54 Å². The van der Waals surface area contributed by atoms with E-state index in [9.17, 15) is 22.8 Å². The number of carbonyl (C=O) groups excluding carboxylic acids is 1. The Bertz CT molecular complexity index is 2020. The zero-order chi connectivity index (χ0) is 33.1. The summed E-state index contributed by atoms with van der Waals surface area (Å²) in [7, 11) is 4.11. The van der Waals surface area contributed by atoms with Gasteiger partial charge in [0.25, 0.3) is 18.2 Å². The molecule has 0 saturated heterocycles. The molecule has 0 aliphatic heterocycles. The smallest absolute Gasteiger partial charge is 0.261 e. The van der Waals surface area contributed by atoms with Crippen molar-refractivity contribution in [2.24, 2.45) is 0 Å². The first-order valence-corrected chi connectivity index (χ1v) is 13.6. The number of amides is 1. The summed E-state index contributed by atoms with van der Waals surface area (Å²) in [6.07, 6.45) is -0.222. The molecule has 238 valence electrons. The van der Waals surface area contributed by atoms with Crippen LogP contribution < -0.4 is 29.7 Å². The minimum Gasteiger partial charge on any atom is -0.496 e. The first-order valence-electron chi connectivity index (χ1n) is 13.6. The molecule has 0 atom stereocenters. The topological polar surface area (TPSA) is 114 Å². The van der Waals surface area contributed by atoms with E-state index < -0.39 is 41.5 Å². The van der Waals surface area contributed by atoms with E-state index in [-0.39, 0.29) is 51.2 Å². The molecule has 14 heteroatoms. The van der Waals surface area contributed by atoms with Gasteiger partial charge in [-0.05, 0) is 31.2 Å². The van der Waals surface area contributed by atoms with E-state index in [1.165, 1.54) is 58.7 Å². The average molecular weight is 639 g/mol. The molecule has 1 amide bonds. The lowest BCUT2D eigenvalue weighted by Crippen LogP contribution is -2.28. The number of fused-ring (bicyclic) bond motifs is 1. The number of hydrogen-bond donors (Lipinski definition) is 1. The number of nitrogens with zero attached hydrogens (tertiary/aromatic N) is 3. The summed E-state index contributed by atoms with van der Waals surface area (Å²) in [5, 5.41) is 2.45. The molecule has 0 bridgehead atoms. The highest BCUT2D eigenvalue weighted by atomic mass is 19.3. The number of pyridine rings is 3. The van der Waals surface area contributed by atoms with Gasteiger partial charge in [0.1, 0.15) is 22.6 Å². The Morgan fingerprint density at radius 2 is 1.67 bits per heavy atom. The van der Waals surface area contributed by atoms with Crippen molar-refractivity contribution in [2.45, 2.75) is 19.9 Å². The van der Waals surface area contributed by atoms with Gasteiger partial charge in [0.05, 0.1) is 33.4 Å². The second kappa shape index (κ2) is 13.1. The minimum atomic E-state index is -2.82. The lowest BCUT2D eigenvalue weighted by molar-refractivity contribution is 0.102. The molecule has 1 N–H and O–H groups in total. The molecule has 10 nitrogen and oxygen atoms in total. The van der Waals surface area contributed by atoms with E-state index in [0.717, 1.165) is 29.0 Å². The number of methoxy groups -OCH3 is 3. The third kappa shape index (κ3) is 6.27. The number of rotatable bonds is 10. The maximum atomic E-state index is 15.3. The Morgan fingerprint density at radius 3 is 2.35 bits per heavy atom. The number of ether oxygens (including phenoxy) is 4. The van der Waals surface area contributed by atoms with Gasteiger partial charge in [0.2, 0.25) is 5.43 Å². The normalized spacial score (nSPS) is 11.1. The highest BCUT2D eigenvalue weighted by Gasteiger charge is 2.24. The van der Waals surface area contributed by atoms with Crippen LogP contribution in [0, 0.1) is 18.6 Å². The maximum absolute atomic E-state index is 15.3. The van der Waals surface area contributed by atoms with Crippen molar-refractivity contribution in [3.63, 3.8) is 0 Å². The fourth-order valence-electron chi connectivity index (χ4n) is 4.80. The molecule has 0 unspecified atom stereocenters. The van der Waals surface area contributed by atoms with Crippen molar-refractivity contribution >= 4 is 22.6 Å². The van der Waals surface area contributed by atoms with Gasteiger partial charge in [-0.2, -0.15) is 0 Å². The molecule has 3 aromatic heterocycles. The molecule has 0 radical (unpaired) electrons. The van der Waals surface area contributed by atoms with Crippen LogP contribution in [0.4, 0.5) is 23.2 Å².